The number of aromatic nitrogens is 3. The minimum atomic E-state index is -4.49. The first-order valence-electron chi connectivity index (χ1n) is 10.2. The Kier molecular flexibility index (Phi) is 7.04. The minimum Gasteiger partial charge on any atom is -0.477 e. The molecule has 0 amide bonds. The highest BCUT2D eigenvalue weighted by Gasteiger charge is 2.30. The van der Waals surface area contributed by atoms with Crippen molar-refractivity contribution >= 4 is 35.4 Å². The van der Waals surface area contributed by atoms with Gasteiger partial charge in [-0.25, -0.2) is 4.79 Å². The van der Waals surface area contributed by atoms with Crippen LogP contribution >= 0.6 is 23.4 Å². The van der Waals surface area contributed by atoms with Gasteiger partial charge in [-0.05, 0) is 67.2 Å². The number of rotatable bonds is 7. The Morgan fingerprint density at radius 1 is 1.11 bits per heavy atom. The third-order valence-corrected chi connectivity index (χ3v) is 6.17. The van der Waals surface area contributed by atoms with Gasteiger partial charge in [0.05, 0.1) is 5.56 Å². The molecule has 0 aliphatic carbocycles. The Morgan fingerprint density at radius 2 is 1.86 bits per heavy atom. The predicted octanol–water partition coefficient (Wildman–Crippen LogP) is 7.12. The van der Waals surface area contributed by atoms with Crippen molar-refractivity contribution in [1.29, 1.82) is 0 Å². The van der Waals surface area contributed by atoms with Crippen molar-refractivity contribution < 1.29 is 27.5 Å². The van der Waals surface area contributed by atoms with Crippen LogP contribution < -0.4 is 0 Å². The number of nitrogens with zero attached hydrogens (tertiary/aromatic N) is 3. The van der Waals surface area contributed by atoms with Crippen LogP contribution in [0.3, 0.4) is 0 Å². The summed E-state index contributed by atoms with van der Waals surface area (Å²) in [7, 11) is 0. The minimum absolute atomic E-state index is 0.0975. The Morgan fingerprint density at radius 3 is 2.51 bits per heavy atom. The fourth-order valence-corrected chi connectivity index (χ4v) is 4.25. The second kappa shape index (κ2) is 10.0. The third kappa shape index (κ3) is 5.60. The van der Waals surface area contributed by atoms with E-state index < -0.39 is 17.7 Å². The molecule has 4 aromatic rings. The Balaban J connectivity index is 1.62. The molecule has 0 aliphatic heterocycles. The van der Waals surface area contributed by atoms with Crippen molar-refractivity contribution in [2.45, 2.75) is 24.8 Å². The van der Waals surface area contributed by atoms with Crippen molar-refractivity contribution in [3.05, 3.63) is 81.9 Å². The number of furan rings is 1. The van der Waals surface area contributed by atoms with Crippen LogP contribution in [-0.2, 0) is 17.5 Å². The number of carboxylic acids is 1. The first-order chi connectivity index (χ1) is 16.7. The third-order valence-electron chi connectivity index (χ3n) is 4.92. The highest BCUT2D eigenvalue weighted by atomic mass is 35.5. The molecular weight excluding hydrogens is 503 g/mol. The zero-order chi connectivity index (χ0) is 25.2. The van der Waals surface area contributed by atoms with E-state index in [4.69, 9.17) is 16.0 Å². The number of alkyl halides is 3. The van der Waals surface area contributed by atoms with Crippen molar-refractivity contribution in [3.63, 3.8) is 0 Å². The fourth-order valence-electron chi connectivity index (χ4n) is 3.26. The topological polar surface area (TPSA) is 81.2 Å². The molecule has 11 heteroatoms. The molecule has 0 bridgehead atoms. The summed E-state index contributed by atoms with van der Waals surface area (Å²) >= 11 is 6.84. The lowest BCUT2D eigenvalue weighted by Gasteiger charge is -2.08. The number of thioether (sulfide) groups is 1. The molecule has 0 radical (unpaired) electrons. The van der Waals surface area contributed by atoms with Crippen LogP contribution in [0.2, 0.25) is 5.02 Å². The van der Waals surface area contributed by atoms with Crippen LogP contribution in [0.5, 0.6) is 0 Å². The molecule has 0 unspecified atom stereocenters. The maximum atomic E-state index is 13.0. The molecule has 180 valence electrons. The number of hydrogen-bond donors (Lipinski definition) is 1. The van der Waals surface area contributed by atoms with Crippen LogP contribution in [0.4, 0.5) is 13.2 Å². The molecule has 4 rings (SSSR count). The highest BCUT2D eigenvalue weighted by Crippen LogP contribution is 2.34. The van der Waals surface area contributed by atoms with Crippen LogP contribution in [0.15, 0.2) is 75.1 Å². The summed E-state index contributed by atoms with van der Waals surface area (Å²) in [6, 6.07) is 14.7. The van der Waals surface area contributed by atoms with Crippen molar-refractivity contribution in [3.8, 4) is 22.7 Å². The molecule has 6 nitrogen and oxygen atoms in total. The van der Waals surface area contributed by atoms with Crippen LogP contribution in [0.25, 0.3) is 28.8 Å². The number of halogens is 4. The van der Waals surface area contributed by atoms with E-state index in [1.165, 1.54) is 30.3 Å². The number of carboxylic acid groups (broad SMARTS) is 1. The average Bonchev–Trinajstić information content (AvgIpc) is 3.45. The lowest BCUT2D eigenvalue weighted by Crippen LogP contribution is -2.04. The van der Waals surface area contributed by atoms with Crippen molar-refractivity contribution in [1.82, 2.24) is 14.8 Å². The van der Waals surface area contributed by atoms with E-state index in [1.54, 1.807) is 28.8 Å². The summed E-state index contributed by atoms with van der Waals surface area (Å²) in [6.07, 6.45) is -3.20. The summed E-state index contributed by atoms with van der Waals surface area (Å²) in [4.78, 5) is 11.8. The van der Waals surface area contributed by atoms with Gasteiger partial charge in [-0.15, -0.1) is 10.2 Å². The van der Waals surface area contributed by atoms with E-state index in [0.29, 0.717) is 22.5 Å². The van der Waals surface area contributed by atoms with E-state index in [0.717, 1.165) is 29.5 Å². The first kappa shape index (κ1) is 24.6. The molecule has 1 N–H and O–H groups in total. The zero-order valence-corrected chi connectivity index (χ0v) is 19.7. The SMILES string of the molecule is CCn1c(S/C(=C\c2ccc(-c3cccc(C(F)(F)F)c3)o2)C(=O)O)nnc1-c1ccc(Cl)cc1. The Hall–Kier alpha value is -3.50. The number of aliphatic carboxylic acids is 1. The van der Waals surface area contributed by atoms with E-state index >= 15 is 0 Å². The van der Waals surface area contributed by atoms with Gasteiger partial charge in [-0.3, -0.25) is 0 Å². The van der Waals surface area contributed by atoms with Gasteiger partial charge in [0.15, 0.2) is 11.0 Å². The van der Waals surface area contributed by atoms with Crippen molar-refractivity contribution in [2.24, 2.45) is 0 Å². The van der Waals surface area contributed by atoms with Crippen molar-refractivity contribution in [2.75, 3.05) is 0 Å². The maximum absolute atomic E-state index is 13.0. The summed E-state index contributed by atoms with van der Waals surface area (Å²) in [5, 5.41) is 19.0. The van der Waals surface area contributed by atoms with Crippen LogP contribution in [-0.4, -0.2) is 25.8 Å². The molecule has 2 heterocycles. The monoisotopic (exact) mass is 519 g/mol. The Bertz CT molecular complexity index is 1400. The molecule has 0 spiro atoms. The summed E-state index contributed by atoms with van der Waals surface area (Å²) in [5.41, 5.74) is 0.191. The highest BCUT2D eigenvalue weighted by molar-refractivity contribution is 8.04. The quantitative estimate of drug-likeness (QED) is 0.207. The molecule has 2 aromatic heterocycles. The molecule has 0 saturated heterocycles. The Labute approximate surface area is 207 Å². The number of carbonyl (C=O) groups is 1. The van der Waals surface area contributed by atoms with Crippen LogP contribution in [0.1, 0.15) is 18.2 Å². The molecule has 0 fully saturated rings. The molecule has 0 aliphatic rings. The van der Waals surface area contributed by atoms with Gasteiger partial charge in [0.25, 0.3) is 0 Å². The van der Waals surface area contributed by atoms with E-state index in [9.17, 15) is 23.1 Å². The van der Waals surface area contributed by atoms with E-state index in [1.807, 2.05) is 6.92 Å². The van der Waals surface area contributed by atoms with Gasteiger partial charge in [0, 0.05) is 28.8 Å². The predicted molar refractivity (Wildman–Crippen MR) is 127 cm³/mol. The molecule has 0 saturated carbocycles. The lowest BCUT2D eigenvalue weighted by atomic mass is 10.1. The smallest absolute Gasteiger partial charge is 0.416 e. The van der Waals surface area contributed by atoms with Gasteiger partial charge in [-0.1, -0.05) is 23.7 Å². The zero-order valence-electron chi connectivity index (χ0n) is 18.1. The molecular formula is C24H17ClF3N3O3S. The first-order valence-corrected chi connectivity index (χ1v) is 11.4. The normalized spacial score (nSPS) is 12.2. The average molecular weight is 520 g/mol. The summed E-state index contributed by atoms with van der Waals surface area (Å²) in [6.45, 7) is 2.37. The van der Waals surface area contributed by atoms with E-state index in [2.05, 4.69) is 10.2 Å². The summed E-state index contributed by atoms with van der Waals surface area (Å²) in [5.74, 6) is -0.311. The fraction of sp³-hybridized carbons (Fsp3) is 0.125. The van der Waals surface area contributed by atoms with Crippen LogP contribution in [0, 0.1) is 0 Å². The van der Waals surface area contributed by atoms with E-state index in [-0.39, 0.29) is 22.0 Å². The van der Waals surface area contributed by atoms with Gasteiger partial charge in [0.1, 0.15) is 16.4 Å². The summed E-state index contributed by atoms with van der Waals surface area (Å²) < 4.78 is 46.4. The van der Waals surface area contributed by atoms with Gasteiger partial charge in [-0.2, -0.15) is 13.2 Å². The molecule has 2 aromatic carbocycles. The number of hydrogen-bond acceptors (Lipinski definition) is 5. The van der Waals surface area contributed by atoms with Gasteiger partial charge in [0.2, 0.25) is 0 Å². The second-order valence-electron chi connectivity index (χ2n) is 7.25. The number of benzene rings is 2. The standard InChI is InChI=1S/C24H17ClF3N3O3S/c1-2-31-21(14-6-8-17(25)9-7-14)29-30-23(31)35-20(22(32)33)13-18-10-11-19(34-18)15-4-3-5-16(12-15)24(26,27)28/h3-13H,2H2,1H3,(H,32,33)/b20-13-. The van der Waals surface area contributed by atoms with Gasteiger partial charge >= 0.3 is 12.1 Å². The molecule has 0 atom stereocenters. The maximum Gasteiger partial charge on any atom is 0.416 e. The largest absolute Gasteiger partial charge is 0.477 e. The lowest BCUT2D eigenvalue weighted by molar-refractivity contribution is -0.137. The second-order valence-corrected chi connectivity index (χ2v) is 8.70. The molecule has 35 heavy (non-hydrogen) atoms. The van der Waals surface area contributed by atoms with Gasteiger partial charge < -0.3 is 14.1 Å².